The Morgan fingerprint density at radius 3 is 2.94 bits per heavy atom. The molecule has 0 amide bonds. The molecule has 3 heterocycles. The van der Waals surface area contributed by atoms with Crippen molar-refractivity contribution in [2.24, 2.45) is 0 Å². The van der Waals surface area contributed by atoms with E-state index in [0.29, 0.717) is 0 Å². The Morgan fingerprint density at radius 1 is 1.19 bits per heavy atom. The zero-order chi connectivity index (χ0) is 11.0. The maximum absolute atomic E-state index is 4.26. The van der Waals surface area contributed by atoms with Gasteiger partial charge in [0, 0.05) is 12.4 Å². The SMILES string of the molecule is Cc1nnn2c(-c3cnccn3)cccc12. The van der Waals surface area contributed by atoms with Gasteiger partial charge in [-0.25, -0.2) is 4.52 Å². The maximum Gasteiger partial charge on any atom is 0.107 e. The van der Waals surface area contributed by atoms with Gasteiger partial charge in [0.15, 0.2) is 0 Å². The van der Waals surface area contributed by atoms with Crippen LogP contribution in [0.4, 0.5) is 0 Å². The molecular formula is C11H9N5. The number of pyridine rings is 1. The molecule has 0 saturated carbocycles. The molecule has 0 aromatic carbocycles. The van der Waals surface area contributed by atoms with Gasteiger partial charge >= 0.3 is 0 Å². The highest BCUT2D eigenvalue weighted by molar-refractivity contribution is 5.61. The topological polar surface area (TPSA) is 56.0 Å². The summed E-state index contributed by atoms with van der Waals surface area (Å²) in [7, 11) is 0. The Morgan fingerprint density at radius 2 is 2.12 bits per heavy atom. The second-order valence-corrected chi connectivity index (χ2v) is 3.47. The maximum atomic E-state index is 4.26. The van der Waals surface area contributed by atoms with Gasteiger partial charge in [-0.2, -0.15) is 0 Å². The van der Waals surface area contributed by atoms with Gasteiger partial charge in [-0.15, -0.1) is 5.10 Å². The highest BCUT2D eigenvalue weighted by atomic mass is 15.4. The molecule has 0 radical (unpaired) electrons. The van der Waals surface area contributed by atoms with Gasteiger partial charge in [0.25, 0.3) is 0 Å². The fraction of sp³-hybridized carbons (Fsp3) is 0.0909. The van der Waals surface area contributed by atoms with E-state index in [4.69, 9.17) is 0 Å². The Labute approximate surface area is 91.8 Å². The van der Waals surface area contributed by atoms with E-state index in [9.17, 15) is 0 Å². The third-order valence-electron chi connectivity index (χ3n) is 2.45. The van der Waals surface area contributed by atoms with Crippen molar-refractivity contribution in [3.05, 3.63) is 42.5 Å². The van der Waals surface area contributed by atoms with Crippen molar-refractivity contribution in [2.75, 3.05) is 0 Å². The van der Waals surface area contributed by atoms with Crippen LogP contribution in [0.5, 0.6) is 0 Å². The average molecular weight is 211 g/mol. The van der Waals surface area contributed by atoms with Crippen LogP contribution in [-0.4, -0.2) is 24.8 Å². The molecule has 3 aromatic rings. The molecule has 0 aliphatic carbocycles. The summed E-state index contributed by atoms with van der Waals surface area (Å²) >= 11 is 0. The van der Waals surface area contributed by atoms with Gasteiger partial charge in [0.2, 0.25) is 0 Å². The van der Waals surface area contributed by atoms with E-state index in [1.807, 2.05) is 25.1 Å². The average Bonchev–Trinajstić information content (AvgIpc) is 2.73. The molecule has 0 N–H and O–H groups in total. The first-order valence-electron chi connectivity index (χ1n) is 4.94. The normalized spacial score (nSPS) is 10.8. The lowest BCUT2D eigenvalue weighted by molar-refractivity contribution is 0.851. The highest BCUT2D eigenvalue weighted by Crippen LogP contribution is 2.17. The fourth-order valence-electron chi connectivity index (χ4n) is 1.66. The van der Waals surface area contributed by atoms with Crippen LogP contribution in [0.3, 0.4) is 0 Å². The summed E-state index contributed by atoms with van der Waals surface area (Å²) in [6.07, 6.45) is 5.03. The van der Waals surface area contributed by atoms with Crippen molar-refractivity contribution in [3.63, 3.8) is 0 Å². The summed E-state index contributed by atoms with van der Waals surface area (Å²) in [5, 5.41) is 8.14. The molecule has 0 aliphatic heterocycles. The molecule has 0 saturated heterocycles. The van der Waals surface area contributed by atoms with E-state index in [0.717, 1.165) is 22.6 Å². The summed E-state index contributed by atoms with van der Waals surface area (Å²) in [4.78, 5) is 8.31. The number of nitrogens with zero attached hydrogens (tertiary/aromatic N) is 5. The summed E-state index contributed by atoms with van der Waals surface area (Å²) in [5.74, 6) is 0. The quantitative estimate of drug-likeness (QED) is 0.612. The third kappa shape index (κ3) is 1.25. The lowest BCUT2D eigenvalue weighted by Crippen LogP contribution is -1.95. The summed E-state index contributed by atoms with van der Waals surface area (Å²) < 4.78 is 1.78. The lowest BCUT2D eigenvalue weighted by Gasteiger charge is -2.01. The molecule has 0 spiro atoms. The largest absolute Gasteiger partial charge is 0.261 e. The van der Waals surface area contributed by atoms with Crippen LogP contribution in [-0.2, 0) is 0 Å². The Kier molecular flexibility index (Phi) is 1.89. The number of hydrogen-bond acceptors (Lipinski definition) is 4. The summed E-state index contributed by atoms with van der Waals surface area (Å²) in [6, 6.07) is 5.90. The van der Waals surface area contributed by atoms with Crippen molar-refractivity contribution in [2.45, 2.75) is 6.92 Å². The zero-order valence-corrected chi connectivity index (χ0v) is 8.70. The number of fused-ring (bicyclic) bond motifs is 1. The van der Waals surface area contributed by atoms with Crippen LogP contribution in [0, 0.1) is 6.92 Å². The van der Waals surface area contributed by atoms with Crippen molar-refractivity contribution < 1.29 is 0 Å². The van der Waals surface area contributed by atoms with Crippen LogP contribution < -0.4 is 0 Å². The van der Waals surface area contributed by atoms with Gasteiger partial charge in [0.05, 0.1) is 23.1 Å². The second-order valence-electron chi connectivity index (χ2n) is 3.47. The summed E-state index contributed by atoms with van der Waals surface area (Å²) in [5.41, 5.74) is 3.58. The van der Waals surface area contributed by atoms with Crippen LogP contribution in [0.2, 0.25) is 0 Å². The molecule has 3 aromatic heterocycles. The molecule has 16 heavy (non-hydrogen) atoms. The molecule has 0 atom stereocenters. The minimum absolute atomic E-state index is 0.790. The molecule has 5 nitrogen and oxygen atoms in total. The van der Waals surface area contributed by atoms with Gasteiger partial charge < -0.3 is 0 Å². The van der Waals surface area contributed by atoms with Crippen LogP contribution in [0.15, 0.2) is 36.8 Å². The first-order chi connectivity index (χ1) is 7.86. The van der Waals surface area contributed by atoms with E-state index in [1.54, 1.807) is 23.1 Å². The summed E-state index contributed by atoms with van der Waals surface area (Å²) in [6.45, 7) is 1.93. The molecule has 0 aliphatic rings. The van der Waals surface area contributed by atoms with Crippen molar-refractivity contribution in [3.8, 4) is 11.4 Å². The van der Waals surface area contributed by atoms with E-state index in [1.165, 1.54) is 0 Å². The Bertz CT molecular complexity index is 629. The van der Waals surface area contributed by atoms with Crippen molar-refractivity contribution in [1.29, 1.82) is 0 Å². The van der Waals surface area contributed by atoms with Crippen LogP contribution in [0.25, 0.3) is 16.9 Å². The molecule has 0 bridgehead atoms. The van der Waals surface area contributed by atoms with Gasteiger partial charge in [-0.1, -0.05) is 11.3 Å². The monoisotopic (exact) mass is 211 g/mol. The minimum atomic E-state index is 0.790. The number of hydrogen-bond donors (Lipinski definition) is 0. The van der Waals surface area contributed by atoms with Gasteiger partial charge in [-0.3, -0.25) is 9.97 Å². The fourth-order valence-corrected chi connectivity index (χ4v) is 1.66. The van der Waals surface area contributed by atoms with E-state index < -0.39 is 0 Å². The second kappa shape index (κ2) is 3.37. The van der Waals surface area contributed by atoms with Crippen LogP contribution >= 0.6 is 0 Å². The predicted octanol–water partition coefficient (Wildman–Crippen LogP) is 1.49. The van der Waals surface area contributed by atoms with Crippen molar-refractivity contribution >= 4 is 5.52 Å². The first kappa shape index (κ1) is 8.96. The van der Waals surface area contributed by atoms with Gasteiger partial charge in [-0.05, 0) is 19.1 Å². The van der Waals surface area contributed by atoms with Gasteiger partial charge in [0.1, 0.15) is 5.69 Å². The smallest absolute Gasteiger partial charge is 0.107 e. The molecule has 5 heteroatoms. The minimum Gasteiger partial charge on any atom is -0.261 e. The standard InChI is InChI=1S/C11H9N5/c1-8-10-3-2-4-11(16(10)15-14-8)9-7-12-5-6-13-9/h2-7H,1H3. The first-order valence-corrected chi connectivity index (χ1v) is 4.94. The number of aryl methyl sites for hydroxylation is 1. The molecule has 78 valence electrons. The molecular weight excluding hydrogens is 202 g/mol. The van der Waals surface area contributed by atoms with Crippen LogP contribution in [0.1, 0.15) is 5.69 Å². The lowest BCUT2D eigenvalue weighted by atomic mass is 10.2. The van der Waals surface area contributed by atoms with E-state index >= 15 is 0 Å². The van der Waals surface area contributed by atoms with E-state index in [-0.39, 0.29) is 0 Å². The number of aromatic nitrogens is 5. The van der Waals surface area contributed by atoms with E-state index in [2.05, 4.69) is 20.3 Å². The van der Waals surface area contributed by atoms with Crippen molar-refractivity contribution in [1.82, 2.24) is 24.8 Å². The Hall–Kier alpha value is -2.30. The third-order valence-corrected chi connectivity index (χ3v) is 2.45. The Balaban J connectivity index is 2.32. The molecule has 0 fully saturated rings. The zero-order valence-electron chi connectivity index (χ0n) is 8.70. The molecule has 3 rings (SSSR count). The molecule has 0 unspecified atom stereocenters. The highest BCUT2D eigenvalue weighted by Gasteiger charge is 2.07. The number of rotatable bonds is 1. The predicted molar refractivity (Wildman–Crippen MR) is 58.8 cm³/mol.